The van der Waals surface area contributed by atoms with Gasteiger partial charge in [-0.1, -0.05) is 0 Å². The smallest absolute Gasteiger partial charge is 0.416 e. The van der Waals surface area contributed by atoms with Gasteiger partial charge < -0.3 is 15.7 Å². The van der Waals surface area contributed by atoms with Gasteiger partial charge in [0.2, 0.25) is 5.91 Å². The molecule has 1 aromatic rings. The minimum absolute atomic E-state index is 0.00918. The lowest BCUT2D eigenvalue weighted by Crippen LogP contribution is -2.30. The van der Waals surface area contributed by atoms with E-state index in [2.05, 4.69) is 10.6 Å². The fourth-order valence-electron chi connectivity index (χ4n) is 1.73. The van der Waals surface area contributed by atoms with Crippen molar-refractivity contribution in [1.82, 2.24) is 5.32 Å². The number of hydrogen-bond acceptors (Lipinski definition) is 3. The van der Waals surface area contributed by atoms with E-state index in [0.29, 0.717) is 12.1 Å². The number of rotatable bonds is 5. The first-order valence-electron chi connectivity index (χ1n) is 6.25. The van der Waals surface area contributed by atoms with Gasteiger partial charge in [-0.15, -0.1) is 0 Å². The van der Waals surface area contributed by atoms with E-state index in [1.807, 2.05) is 0 Å². The number of aromatic carboxylic acids is 1. The summed E-state index contributed by atoms with van der Waals surface area (Å²) in [6.07, 6.45) is -2.68. The Labute approximate surface area is 118 Å². The highest BCUT2D eigenvalue weighted by molar-refractivity contribution is 6.01. The molecule has 1 fully saturated rings. The van der Waals surface area contributed by atoms with Gasteiger partial charge in [0.25, 0.3) is 0 Å². The summed E-state index contributed by atoms with van der Waals surface area (Å²) in [5, 5.41) is 14.2. The molecule has 1 saturated carbocycles. The summed E-state index contributed by atoms with van der Waals surface area (Å²) < 4.78 is 37.7. The van der Waals surface area contributed by atoms with Crippen molar-refractivity contribution in [3.05, 3.63) is 29.3 Å². The number of nitrogens with one attached hydrogen (secondary N) is 2. The predicted molar refractivity (Wildman–Crippen MR) is 68.1 cm³/mol. The Morgan fingerprint density at radius 1 is 1.29 bits per heavy atom. The lowest BCUT2D eigenvalue weighted by atomic mass is 10.1. The molecule has 1 aliphatic carbocycles. The van der Waals surface area contributed by atoms with Gasteiger partial charge in [0.1, 0.15) is 0 Å². The van der Waals surface area contributed by atoms with Gasteiger partial charge in [0.05, 0.1) is 23.4 Å². The van der Waals surface area contributed by atoms with E-state index in [9.17, 15) is 22.8 Å². The summed E-state index contributed by atoms with van der Waals surface area (Å²) >= 11 is 0. The number of carboxylic acids is 1. The van der Waals surface area contributed by atoms with Crippen LogP contribution in [0.2, 0.25) is 0 Å². The molecule has 3 N–H and O–H groups in total. The third-order valence-electron chi connectivity index (χ3n) is 2.98. The Morgan fingerprint density at radius 2 is 1.95 bits per heavy atom. The van der Waals surface area contributed by atoms with Gasteiger partial charge in [0, 0.05) is 6.04 Å². The topological polar surface area (TPSA) is 78.4 Å². The second-order valence-electron chi connectivity index (χ2n) is 4.77. The highest BCUT2D eigenvalue weighted by Crippen LogP contribution is 2.31. The SMILES string of the molecule is O=C(CNC1CC1)Nc1ccc(C(F)(F)F)cc1C(=O)O. The fraction of sp³-hybridized carbons (Fsp3) is 0.385. The average Bonchev–Trinajstić information content (AvgIpc) is 3.19. The lowest BCUT2D eigenvalue weighted by molar-refractivity contribution is -0.137. The van der Waals surface area contributed by atoms with E-state index < -0.39 is 29.2 Å². The minimum atomic E-state index is -4.64. The van der Waals surface area contributed by atoms with Crippen LogP contribution in [-0.4, -0.2) is 29.6 Å². The summed E-state index contributed by atoms with van der Waals surface area (Å²) in [7, 11) is 0. The molecule has 0 radical (unpaired) electrons. The molecular formula is C13H13F3N2O3. The van der Waals surface area contributed by atoms with Gasteiger partial charge in [-0.05, 0) is 31.0 Å². The number of halogens is 3. The molecule has 0 spiro atoms. The average molecular weight is 302 g/mol. The maximum Gasteiger partial charge on any atom is 0.416 e. The van der Waals surface area contributed by atoms with Crippen molar-refractivity contribution >= 4 is 17.6 Å². The number of alkyl halides is 3. The summed E-state index contributed by atoms with van der Waals surface area (Å²) in [4.78, 5) is 22.6. The first-order chi connectivity index (χ1) is 9.77. The molecule has 0 heterocycles. The van der Waals surface area contributed by atoms with Crippen LogP contribution in [0.3, 0.4) is 0 Å². The first kappa shape index (κ1) is 15.3. The van der Waals surface area contributed by atoms with E-state index >= 15 is 0 Å². The van der Waals surface area contributed by atoms with Crippen molar-refractivity contribution in [2.75, 3.05) is 11.9 Å². The van der Waals surface area contributed by atoms with E-state index in [0.717, 1.165) is 25.0 Å². The normalized spacial score (nSPS) is 14.8. The Hall–Kier alpha value is -2.09. The number of carbonyl (C=O) groups excluding carboxylic acids is 1. The zero-order valence-corrected chi connectivity index (χ0v) is 10.8. The van der Waals surface area contributed by atoms with Gasteiger partial charge >= 0.3 is 12.1 Å². The van der Waals surface area contributed by atoms with Crippen LogP contribution in [-0.2, 0) is 11.0 Å². The molecule has 0 bridgehead atoms. The summed E-state index contributed by atoms with van der Waals surface area (Å²) in [6.45, 7) is -0.00918. The van der Waals surface area contributed by atoms with Gasteiger partial charge in [0.15, 0.2) is 0 Å². The van der Waals surface area contributed by atoms with Gasteiger partial charge in [-0.2, -0.15) is 13.2 Å². The lowest BCUT2D eigenvalue weighted by Gasteiger charge is -2.12. The van der Waals surface area contributed by atoms with Crippen LogP contribution in [0.5, 0.6) is 0 Å². The van der Waals surface area contributed by atoms with Crippen LogP contribution in [0.15, 0.2) is 18.2 Å². The van der Waals surface area contributed by atoms with Crippen LogP contribution in [0.25, 0.3) is 0 Å². The molecule has 0 aromatic heterocycles. The molecule has 2 rings (SSSR count). The van der Waals surface area contributed by atoms with Crippen molar-refractivity contribution in [3.63, 3.8) is 0 Å². The third-order valence-corrected chi connectivity index (χ3v) is 2.98. The van der Waals surface area contributed by atoms with Crippen LogP contribution in [0, 0.1) is 0 Å². The molecular weight excluding hydrogens is 289 g/mol. The fourth-order valence-corrected chi connectivity index (χ4v) is 1.73. The minimum Gasteiger partial charge on any atom is -0.478 e. The number of amides is 1. The molecule has 1 aromatic carbocycles. The molecule has 114 valence electrons. The predicted octanol–water partition coefficient (Wildman–Crippen LogP) is 2.09. The zero-order valence-electron chi connectivity index (χ0n) is 10.8. The van der Waals surface area contributed by atoms with Gasteiger partial charge in [-0.25, -0.2) is 4.79 Å². The summed E-state index contributed by atoms with van der Waals surface area (Å²) in [6, 6.07) is 2.48. The molecule has 1 amide bonds. The highest BCUT2D eigenvalue weighted by Gasteiger charge is 2.32. The van der Waals surface area contributed by atoms with E-state index in [1.54, 1.807) is 0 Å². The number of benzene rings is 1. The Bertz CT molecular complexity index is 568. The zero-order chi connectivity index (χ0) is 15.6. The van der Waals surface area contributed by atoms with Crippen molar-refractivity contribution in [2.24, 2.45) is 0 Å². The second-order valence-corrected chi connectivity index (χ2v) is 4.77. The van der Waals surface area contributed by atoms with Crippen LogP contribution >= 0.6 is 0 Å². The van der Waals surface area contributed by atoms with Crippen molar-refractivity contribution < 1.29 is 27.9 Å². The second kappa shape index (κ2) is 5.72. The van der Waals surface area contributed by atoms with E-state index in [-0.39, 0.29) is 12.2 Å². The van der Waals surface area contributed by atoms with E-state index in [1.165, 1.54) is 0 Å². The quantitative estimate of drug-likeness (QED) is 0.778. The van der Waals surface area contributed by atoms with Crippen LogP contribution < -0.4 is 10.6 Å². The monoisotopic (exact) mass is 302 g/mol. The summed E-state index contributed by atoms with van der Waals surface area (Å²) in [5.74, 6) is -2.03. The molecule has 0 aliphatic heterocycles. The third kappa shape index (κ3) is 4.19. The largest absolute Gasteiger partial charge is 0.478 e. The molecule has 1 aliphatic rings. The number of anilines is 1. The molecule has 0 saturated heterocycles. The van der Waals surface area contributed by atoms with Gasteiger partial charge in [-0.3, -0.25) is 4.79 Å². The maximum atomic E-state index is 12.6. The molecule has 21 heavy (non-hydrogen) atoms. The number of carbonyl (C=O) groups is 2. The first-order valence-corrected chi connectivity index (χ1v) is 6.25. The Kier molecular flexibility index (Phi) is 4.17. The molecule has 0 atom stereocenters. The molecule has 0 unspecified atom stereocenters. The van der Waals surface area contributed by atoms with Crippen molar-refractivity contribution in [2.45, 2.75) is 25.1 Å². The Morgan fingerprint density at radius 3 is 2.48 bits per heavy atom. The molecule has 8 heteroatoms. The van der Waals surface area contributed by atoms with Crippen molar-refractivity contribution in [3.8, 4) is 0 Å². The van der Waals surface area contributed by atoms with Crippen molar-refractivity contribution in [1.29, 1.82) is 0 Å². The van der Waals surface area contributed by atoms with Crippen LogP contribution in [0.4, 0.5) is 18.9 Å². The maximum absolute atomic E-state index is 12.6. The number of hydrogen-bond donors (Lipinski definition) is 3. The Balaban J connectivity index is 2.13. The van der Waals surface area contributed by atoms with E-state index in [4.69, 9.17) is 5.11 Å². The number of carboxylic acid groups (broad SMARTS) is 1. The van der Waals surface area contributed by atoms with Crippen LogP contribution in [0.1, 0.15) is 28.8 Å². The highest BCUT2D eigenvalue weighted by atomic mass is 19.4. The molecule has 5 nitrogen and oxygen atoms in total. The summed E-state index contributed by atoms with van der Waals surface area (Å²) in [5.41, 5.74) is -1.82. The standard InChI is InChI=1S/C13H13F3N2O3/c14-13(15,16)7-1-4-10(9(5-7)12(20)21)18-11(19)6-17-8-2-3-8/h1,4-5,8,17H,2-3,6H2,(H,18,19)(H,20,21).